The number of aromatic nitrogens is 3. The molecule has 0 saturated heterocycles. The van der Waals surface area contributed by atoms with Gasteiger partial charge in [0.05, 0.1) is 26.1 Å². The average molecular weight is 282 g/mol. The summed E-state index contributed by atoms with van der Waals surface area (Å²) in [6, 6.07) is 3.51. The lowest BCUT2D eigenvalue weighted by atomic mass is 10.4. The van der Waals surface area contributed by atoms with Crippen LogP contribution in [0.4, 0.5) is 0 Å². The van der Waals surface area contributed by atoms with Gasteiger partial charge in [-0.3, -0.25) is 0 Å². The van der Waals surface area contributed by atoms with Crippen LogP contribution in [-0.4, -0.2) is 28.7 Å². The maximum absolute atomic E-state index is 5.88. The molecule has 0 amide bonds. The number of hydrogen-bond donors (Lipinski definition) is 0. The Morgan fingerprint density at radius 1 is 1.21 bits per heavy atom. The van der Waals surface area contributed by atoms with Crippen molar-refractivity contribution in [3.63, 3.8) is 0 Å². The van der Waals surface area contributed by atoms with E-state index in [1.807, 2.05) is 6.92 Å². The van der Waals surface area contributed by atoms with Crippen LogP contribution in [-0.2, 0) is 0 Å². The Kier molecular flexibility index (Phi) is 4.35. The predicted octanol–water partition coefficient (Wildman–Crippen LogP) is 2.72. The van der Waals surface area contributed by atoms with E-state index in [0.29, 0.717) is 23.3 Å². The zero-order chi connectivity index (χ0) is 13.7. The number of pyridine rings is 1. The maximum atomic E-state index is 5.88. The number of rotatable bonds is 5. The molecule has 0 N–H and O–H groups in total. The van der Waals surface area contributed by atoms with E-state index in [2.05, 4.69) is 15.0 Å². The van der Waals surface area contributed by atoms with Gasteiger partial charge in [0.1, 0.15) is 10.8 Å². The second-order valence-electron chi connectivity index (χ2n) is 3.38. The summed E-state index contributed by atoms with van der Waals surface area (Å²) in [6.45, 7) is 2.30. The first-order chi connectivity index (χ1) is 9.22. The van der Waals surface area contributed by atoms with E-state index in [-0.39, 0.29) is 11.9 Å². The first-order valence-electron chi connectivity index (χ1n) is 5.56. The highest BCUT2D eigenvalue weighted by molar-refractivity contribution is 6.31. The Labute approximate surface area is 115 Å². The first-order valence-corrected chi connectivity index (χ1v) is 5.94. The number of halogens is 1. The Morgan fingerprint density at radius 3 is 2.68 bits per heavy atom. The molecule has 0 aliphatic rings. The zero-order valence-electron chi connectivity index (χ0n) is 10.5. The fraction of sp³-hybridized carbons (Fsp3) is 0.250. The van der Waals surface area contributed by atoms with Crippen LogP contribution in [0.15, 0.2) is 24.5 Å². The molecule has 2 aromatic heterocycles. The van der Waals surface area contributed by atoms with Crippen LogP contribution in [0.3, 0.4) is 0 Å². The van der Waals surface area contributed by atoms with E-state index in [1.54, 1.807) is 19.2 Å². The standard InChI is InChI=1S/C12H12ClN3O3/c1-3-18-11-9(13)7-15-12(16-11)19-8-4-5-10(17-2)14-6-8/h4-7H,3H2,1-2H3. The van der Waals surface area contributed by atoms with E-state index in [9.17, 15) is 0 Å². The molecule has 0 fully saturated rings. The smallest absolute Gasteiger partial charge is 0.325 e. The summed E-state index contributed by atoms with van der Waals surface area (Å²) in [4.78, 5) is 12.0. The monoisotopic (exact) mass is 281 g/mol. The topological polar surface area (TPSA) is 66.4 Å². The van der Waals surface area contributed by atoms with Crippen LogP contribution in [0.25, 0.3) is 0 Å². The fourth-order valence-electron chi connectivity index (χ4n) is 1.28. The van der Waals surface area contributed by atoms with Gasteiger partial charge < -0.3 is 14.2 Å². The number of hydrogen-bond acceptors (Lipinski definition) is 6. The molecule has 0 bridgehead atoms. The van der Waals surface area contributed by atoms with Crippen molar-refractivity contribution in [3.05, 3.63) is 29.5 Å². The first kappa shape index (κ1) is 13.4. The van der Waals surface area contributed by atoms with Crippen LogP contribution in [0.2, 0.25) is 5.02 Å². The fourth-order valence-corrected chi connectivity index (χ4v) is 1.42. The molecule has 6 nitrogen and oxygen atoms in total. The summed E-state index contributed by atoms with van der Waals surface area (Å²) >= 11 is 5.88. The minimum atomic E-state index is 0.139. The van der Waals surface area contributed by atoms with Crippen LogP contribution < -0.4 is 14.2 Å². The van der Waals surface area contributed by atoms with Gasteiger partial charge in [-0.25, -0.2) is 9.97 Å². The van der Waals surface area contributed by atoms with Crippen molar-refractivity contribution in [2.75, 3.05) is 13.7 Å². The molecule has 0 aromatic carbocycles. The van der Waals surface area contributed by atoms with Crippen molar-refractivity contribution >= 4 is 11.6 Å². The average Bonchev–Trinajstić information content (AvgIpc) is 2.44. The summed E-state index contributed by atoms with van der Waals surface area (Å²) in [5, 5.41) is 0.335. The second-order valence-corrected chi connectivity index (χ2v) is 3.78. The molecule has 0 saturated carbocycles. The molecule has 7 heteroatoms. The van der Waals surface area contributed by atoms with Gasteiger partial charge in [0.15, 0.2) is 0 Å². The van der Waals surface area contributed by atoms with Gasteiger partial charge in [0, 0.05) is 6.07 Å². The minimum absolute atomic E-state index is 0.139. The number of nitrogens with zero attached hydrogens (tertiary/aromatic N) is 3. The van der Waals surface area contributed by atoms with E-state index < -0.39 is 0 Å². The van der Waals surface area contributed by atoms with Crippen molar-refractivity contribution in [3.8, 4) is 23.5 Å². The number of ether oxygens (including phenoxy) is 3. The highest BCUT2D eigenvalue weighted by Gasteiger charge is 2.08. The normalized spacial score (nSPS) is 10.1. The SMILES string of the molecule is CCOc1nc(Oc2ccc(OC)nc2)ncc1Cl. The molecule has 2 aromatic rings. The molecule has 0 atom stereocenters. The lowest BCUT2D eigenvalue weighted by molar-refractivity contribution is 0.318. The lowest BCUT2D eigenvalue weighted by Gasteiger charge is -2.07. The largest absolute Gasteiger partial charge is 0.481 e. The molecule has 19 heavy (non-hydrogen) atoms. The van der Waals surface area contributed by atoms with Crippen LogP contribution in [0, 0.1) is 0 Å². The third kappa shape index (κ3) is 3.45. The molecule has 0 spiro atoms. The molecular weight excluding hydrogens is 270 g/mol. The quantitative estimate of drug-likeness (QED) is 0.839. The molecule has 0 unspecified atom stereocenters. The Bertz CT molecular complexity index is 548. The molecule has 2 heterocycles. The summed E-state index contributed by atoms with van der Waals surface area (Å²) in [7, 11) is 1.54. The maximum Gasteiger partial charge on any atom is 0.325 e. The summed E-state index contributed by atoms with van der Waals surface area (Å²) in [5.74, 6) is 1.28. The van der Waals surface area contributed by atoms with Crippen LogP contribution >= 0.6 is 11.6 Å². The van der Waals surface area contributed by atoms with E-state index in [4.69, 9.17) is 25.8 Å². The van der Waals surface area contributed by atoms with E-state index >= 15 is 0 Å². The Balaban J connectivity index is 2.15. The third-order valence-electron chi connectivity index (χ3n) is 2.10. The van der Waals surface area contributed by atoms with Gasteiger partial charge in [-0.1, -0.05) is 11.6 Å². The summed E-state index contributed by atoms with van der Waals surface area (Å²) in [5.41, 5.74) is 0. The van der Waals surface area contributed by atoms with Crippen molar-refractivity contribution in [1.29, 1.82) is 0 Å². The van der Waals surface area contributed by atoms with Crippen molar-refractivity contribution in [2.24, 2.45) is 0 Å². The van der Waals surface area contributed by atoms with Crippen molar-refractivity contribution < 1.29 is 14.2 Å². The predicted molar refractivity (Wildman–Crippen MR) is 69.1 cm³/mol. The third-order valence-corrected chi connectivity index (χ3v) is 2.36. The Morgan fingerprint density at radius 2 is 2.05 bits per heavy atom. The molecule has 0 aliphatic carbocycles. The van der Waals surface area contributed by atoms with Crippen LogP contribution in [0.5, 0.6) is 23.5 Å². The van der Waals surface area contributed by atoms with Gasteiger partial charge in [-0.2, -0.15) is 4.98 Å². The van der Waals surface area contributed by atoms with Gasteiger partial charge in [-0.05, 0) is 13.0 Å². The Hall–Kier alpha value is -2.08. The second kappa shape index (κ2) is 6.19. The minimum Gasteiger partial charge on any atom is -0.481 e. The summed E-state index contributed by atoms with van der Waals surface area (Å²) < 4.78 is 15.6. The lowest BCUT2D eigenvalue weighted by Crippen LogP contribution is -1.99. The van der Waals surface area contributed by atoms with E-state index in [0.717, 1.165) is 0 Å². The molecule has 100 valence electrons. The van der Waals surface area contributed by atoms with Crippen LogP contribution in [0.1, 0.15) is 6.92 Å². The highest BCUT2D eigenvalue weighted by Crippen LogP contribution is 2.25. The number of methoxy groups -OCH3 is 1. The van der Waals surface area contributed by atoms with E-state index in [1.165, 1.54) is 12.4 Å². The summed E-state index contributed by atoms with van der Waals surface area (Å²) in [6.07, 6.45) is 2.93. The van der Waals surface area contributed by atoms with Gasteiger partial charge in [0.25, 0.3) is 0 Å². The highest BCUT2D eigenvalue weighted by atomic mass is 35.5. The van der Waals surface area contributed by atoms with Crippen molar-refractivity contribution in [1.82, 2.24) is 15.0 Å². The molecule has 0 radical (unpaired) electrons. The molecular formula is C12H12ClN3O3. The molecule has 2 rings (SSSR count). The zero-order valence-corrected chi connectivity index (χ0v) is 11.2. The van der Waals surface area contributed by atoms with Gasteiger partial charge >= 0.3 is 6.01 Å². The molecule has 0 aliphatic heterocycles. The van der Waals surface area contributed by atoms with Gasteiger partial charge in [-0.15, -0.1) is 0 Å². The van der Waals surface area contributed by atoms with Crippen molar-refractivity contribution in [2.45, 2.75) is 6.92 Å². The van der Waals surface area contributed by atoms with Gasteiger partial charge in [0.2, 0.25) is 11.8 Å².